The maximum absolute atomic E-state index is 12.0. The predicted octanol–water partition coefficient (Wildman–Crippen LogP) is 1.41. The van der Waals surface area contributed by atoms with Crippen molar-refractivity contribution in [3.8, 4) is 0 Å². The molecule has 6 nitrogen and oxygen atoms in total. The van der Waals surface area contributed by atoms with Crippen LogP contribution in [0.5, 0.6) is 0 Å². The lowest BCUT2D eigenvalue weighted by Crippen LogP contribution is -2.32. The fourth-order valence-electron chi connectivity index (χ4n) is 2.33. The van der Waals surface area contributed by atoms with E-state index < -0.39 is 11.9 Å². The van der Waals surface area contributed by atoms with Crippen molar-refractivity contribution in [3.63, 3.8) is 0 Å². The summed E-state index contributed by atoms with van der Waals surface area (Å²) in [5.41, 5.74) is 1.93. The number of carboxylic acids is 1. The molecule has 1 aliphatic heterocycles. The van der Waals surface area contributed by atoms with E-state index in [1.165, 1.54) is 0 Å². The summed E-state index contributed by atoms with van der Waals surface area (Å²) in [5.74, 6) is -1.90. The number of hydrogen-bond donors (Lipinski definition) is 3. The molecule has 6 heteroatoms. The molecule has 0 saturated heterocycles. The highest BCUT2D eigenvalue weighted by Gasteiger charge is 2.20. The number of fused-ring (bicyclic) bond motifs is 1. The van der Waals surface area contributed by atoms with E-state index in [1.54, 1.807) is 18.2 Å². The van der Waals surface area contributed by atoms with Gasteiger partial charge in [-0.3, -0.25) is 14.4 Å². The highest BCUT2D eigenvalue weighted by Crippen LogP contribution is 2.23. The van der Waals surface area contributed by atoms with Crippen molar-refractivity contribution in [2.75, 3.05) is 11.9 Å². The minimum Gasteiger partial charge on any atom is -0.481 e. The minimum absolute atomic E-state index is 0.0866. The monoisotopic (exact) mass is 290 g/mol. The van der Waals surface area contributed by atoms with Crippen molar-refractivity contribution < 1.29 is 19.5 Å². The lowest BCUT2D eigenvalue weighted by molar-refractivity contribution is -0.141. The highest BCUT2D eigenvalue weighted by molar-refractivity contribution is 6.02. The molecule has 1 heterocycles. The Morgan fingerprint density at radius 1 is 1.43 bits per heavy atom. The van der Waals surface area contributed by atoms with Gasteiger partial charge in [-0.2, -0.15) is 0 Å². The summed E-state index contributed by atoms with van der Waals surface area (Å²) in [6.45, 7) is 2.01. The zero-order valence-corrected chi connectivity index (χ0v) is 11.8. The lowest BCUT2D eigenvalue weighted by atomic mass is 10.0. The van der Waals surface area contributed by atoms with Crippen LogP contribution in [-0.2, 0) is 16.0 Å². The van der Waals surface area contributed by atoms with Gasteiger partial charge in [-0.1, -0.05) is 19.4 Å². The standard InChI is InChI=1S/C15H18N2O4/c1-2-3-11(15(20)21)8-16-14(19)10-5-4-9-7-13(18)17-12(9)6-10/h4-6,11H,2-3,7-8H2,1H3,(H,16,19)(H,17,18)(H,20,21). The zero-order valence-electron chi connectivity index (χ0n) is 11.8. The van der Waals surface area contributed by atoms with Crippen LogP contribution >= 0.6 is 0 Å². The Morgan fingerprint density at radius 3 is 2.86 bits per heavy atom. The number of carboxylic acid groups (broad SMARTS) is 1. The Morgan fingerprint density at radius 2 is 2.19 bits per heavy atom. The van der Waals surface area contributed by atoms with Crippen LogP contribution in [0.1, 0.15) is 35.7 Å². The smallest absolute Gasteiger partial charge is 0.308 e. The van der Waals surface area contributed by atoms with E-state index in [0.717, 1.165) is 12.0 Å². The predicted molar refractivity (Wildman–Crippen MR) is 77.1 cm³/mol. The third-order valence-corrected chi connectivity index (χ3v) is 3.49. The molecule has 0 aromatic heterocycles. The van der Waals surface area contributed by atoms with Crippen molar-refractivity contribution in [1.82, 2.24) is 5.32 Å². The van der Waals surface area contributed by atoms with E-state index in [1.807, 2.05) is 6.92 Å². The summed E-state index contributed by atoms with van der Waals surface area (Å²) in [5, 5.41) is 14.4. The van der Waals surface area contributed by atoms with Crippen LogP contribution in [0, 0.1) is 5.92 Å². The van der Waals surface area contributed by atoms with Gasteiger partial charge in [-0.15, -0.1) is 0 Å². The molecule has 21 heavy (non-hydrogen) atoms. The molecule has 0 aliphatic carbocycles. The van der Waals surface area contributed by atoms with Gasteiger partial charge in [0.15, 0.2) is 0 Å². The normalized spacial score (nSPS) is 14.2. The average Bonchev–Trinajstić information content (AvgIpc) is 2.81. The van der Waals surface area contributed by atoms with E-state index in [4.69, 9.17) is 5.11 Å². The number of nitrogens with one attached hydrogen (secondary N) is 2. The molecule has 0 spiro atoms. The first-order valence-electron chi connectivity index (χ1n) is 6.95. The summed E-state index contributed by atoms with van der Waals surface area (Å²) >= 11 is 0. The average molecular weight is 290 g/mol. The number of carbonyl (C=O) groups is 3. The molecule has 0 radical (unpaired) electrons. The van der Waals surface area contributed by atoms with E-state index in [0.29, 0.717) is 24.1 Å². The van der Waals surface area contributed by atoms with Gasteiger partial charge in [0, 0.05) is 17.8 Å². The largest absolute Gasteiger partial charge is 0.481 e. The fraction of sp³-hybridized carbons (Fsp3) is 0.400. The van der Waals surface area contributed by atoms with Crippen LogP contribution in [0.3, 0.4) is 0 Å². The van der Waals surface area contributed by atoms with Gasteiger partial charge in [0.2, 0.25) is 5.91 Å². The number of rotatable bonds is 6. The first kappa shape index (κ1) is 15.0. The molecule has 1 aromatic carbocycles. The Balaban J connectivity index is 1.99. The van der Waals surface area contributed by atoms with Crippen LogP contribution < -0.4 is 10.6 Å². The SMILES string of the molecule is CCCC(CNC(=O)c1ccc2c(c1)NC(=O)C2)C(=O)O. The maximum Gasteiger partial charge on any atom is 0.308 e. The second kappa shape index (κ2) is 6.39. The molecule has 2 rings (SSSR count). The van der Waals surface area contributed by atoms with Gasteiger partial charge in [-0.25, -0.2) is 0 Å². The molecular weight excluding hydrogens is 272 g/mol. The van der Waals surface area contributed by atoms with Gasteiger partial charge >= 0.3 is 5.97 Å². The van der Waals surface area contributed by atoms with Crippen LogP contribution in [0.2, 0.25) is 0 Å². The molecule has 2 amide bonds. The number of carbonyl (C=O) groups excluding carboxylic acids is 2. The molecule has 1 atom stereocenters. The maximum atomic E-state index is 12.0. The van der Waals surface area contributed by atoms with Crippen LogP contribution in [0.15, 0.2) is 18.2 Å². The number of aliphatic carboxylic acids is 1. The van der Waals surface area contributed by atoms with Crippen molar-refractivity contribution in [1.29, 1.82) is 0 Å². The van der Waals surface area contributed by atoms with Crippen LogP contribution in [-0.4, -0.2) is 29.4 Å². The van der Waals surface area contributed by atoms with Crippen molar-refractivity contribution in [3.05, 3.63) is 29.3 Å². The van der Waals surface area contributed by atoms with Gasteiger partial charge in [0.05, 0.1) is 12.3 Å². The first-order chi connectivity index (χ1) is 10.0. The van der Waals surface area contributed by atoms with E-state index in [2.05, 4.69) is 10.6 Å². The molecule has 0 bridgehead atoms. The zero-order chi connectivity index (χ0) is 15.4. The summed E-state index contributed by atoms with van der Waals surface area (Å²) in [6, 6.07) is 5.00. The first-order valence-corrected chi connectivity index (χ1v) is 6.95. The molecule has 112 valence electrons. The molecular formula is C15H18N2O4. The van der Waals surface area contributed by atoms with Gasteiger partial charge < -0.3 is 15.7 Å². The second-order valence-electron chi connectivity index (χ2n) is 5.13. The Bertz CT molecular complexity index is 583. The number of benzene rings is 1. The Labute approximate surface area is 122 Å². The van der Waals surface area contributed by atoms with Crippen molar-refractivity contribution >= 4 is 23.5 Å². The molecule has 0 fully saturated rings. The van der Waals surface area contributed by atoms with E-state index in [9.17, 15) is 14.4 Å². The molecule has 1 aromatic rings. The van der Waals surface area contributed by atoms with Crippen LogP contribution in [0.25, 0.3) is 0 Å². The molecule has 1 unspecified atom stereocenters. The molecule has 3 N–H and O–H groups in total. The minimum atomic E-state index is -0.904. The third-order valence-electron chi connectivity index (χ3n) is 3.49. The van der Waals surface area contributed by atoms with E-state index in [-0.39, 0.29) is 18.4 Å². The third kappa shape index (κ3) is 3.59. The summed E-state index contributed by atoms with van der Waals surface area (Å²) in [6.07, 6.45) is 1.60. The number of amides is 2. The summed E-state index contributed by atoms with van der Waals surface area (Å²) < 4.78 is 0. The lowest BCUT2D eigenvalue weighted by Gasteiger charge is -2.12. The van der Waals surface area contributed by atoms with Gasteiger partial charge in [0.1, 0.15) is 0 Å². The molecule has 1 aliphatic rings. The number of anilines is 1. The highest BCUT2D eigenvalue weighted by atomic mass is 16.4. The number of hydrogen-bond acceptors (Lipinski definition) is 3. The van der Waals surface area contributed by atoms with Gasteiger partial charge in [-0.05, 0) is 24.1 Å². The van der Waals surface area contributed by atoms with Crippen molar-refractivity contribution in [2.24, 2.45) is 5.92 Å². The van der Waals surface area contributed by atoms with Crippen molar-refractivity contribution in [2.45, 2.75) is 26.2 Å². The van der Waals surface area contributed by atoms with E-state index >= 15 is 0 Å². The Kier molecular flexibility index (Phi) is 4.57. The summed E-state index contributed by atoms with van der Waals surface area (Å²) in [7, 11) is 0. The summed E-state index contributed by atoms with van der Waals surface area (Å²) in [4.78, 5) is 34.3. The Hall–Kier alpha value is -2.37. The molecule has 0 saturated carbocycles. The second-order valence-corrected chi connectivity index (χ2v) is 5.13. The van der Waals surface area contributed by atoms with Gasteiger partial charge in [0.25, 0.3) is 5.91 Å². The van der Waals surface area contributed by atoms with Crippen LogP contribution in [0.4, 0.5) is 5.69 Å². The fourth-order valence-corrected chi connectivity index (χ4v) is 2.33. The topological polar surface area (TPSA) is 95.5 Å². The quantitative estimate of drug-likeness (QED) is 0.738.